The van der Waals surface area contributed by atoms with Crippen LogP contribution < -0.4 is 4.43 Å². The van der Waals surface area contributed by atoms with E-state index in [1.807, 2.05) is 0 Å². The van der Waals surface area contributed by atoms with E-state index in [4.69, 9.17) is 0 Å². The lowest BCUT2D eigenvalue weighted by Crippen LogP contribution is -2.26. The number of aliphatic hydroxyl groups is 1. The first-order chi connectivity index (χ1) is 8.18. The minimum Gasteiger partial charge on any atom is -0.502 e. The molecule has 3 rings (SSSR count). The van der Waals surface area contributed by atoms with E-state index in [0.717, 1.165) is 0 Å². The first-order valence-electron chi connectivity index (χ1n) is 5.33. The van der Waals surface area contributed by atoms with E-state index in [0.29, 0.717) is 27.8 Å². The van der Waals surface area contributed by atoms with Crippen LogP contribution in [0.3, 0.4) is 0 Å². The van der Waals surface area contributed by atoms with Gasteiger partial charge in [0.25, 0.3) is 5.69 Å². The van der Waals surface area contributed by atoms with Gasteiger partial charge in [0, 0.05) is 11.0 Å². The van der Waals surface area contributed by atoms with Crippen molar-refractivity contribution in [3.63, 3.8) is 0 Å². The molecule has 1 atom stereocenters. The Balaban J connectivity index is 2.49. The minimum atomic E-state index is -0.707. The number of benzene rings is 1. The van der Waals surface area contributed by atoms with Crippen LogP contribution in [-0.4, -0.2) is 15.2 Å². The molecule has 3 N–H and O–H groups in total. The number of hydrogen-bond acceptors (Lipinski definition) is 3. The third-order valence-corrected chi connectivity index (χ3v) is 2.95. The van der Waals surface area contributed by atoms with Crippen molar-refractivity contribution in [3.05, 3.63) is 40.6 Å². The normalized spacial score (nSPS) is 18.3. The molecule has 1 aromatic carbocycles. The van der Waals surface area contributed by atoms with E-state index in [2.05, 4.69) is 4.98 Å². The molecule has 0 radical (unpaired) electrons. The second-order valence-corrected chi connectivity index (χ2v) is 4.05. The van der Waals surface area contributed by atoms with E-state index < -0.39 is 6.10 Å². The summed E-state index contributed by atoms with van der Waals surface area (Å²) in [6, 6.07) is 4.79. The van der Waals surface area contributed by atoms with Crippen LogP contribution in [0.2, 0.25) is 0 Å². The summed E-state index contributed by atoms with van der Waals surface area (Å²) >= 11 is 0. The molecule has 0 saturated heterocycles. The summed E-state index contributed by atoms with van der Waals surface area (Å²) in [5.74, 6) is -0.0787. The van der Waals surface area contributed by atoms with Gasteiger partial charge in [-0.05, 0) is 18.6 Å². The summed E-state index contributed by atoms with van der Waals surface area (Å²) in [5, 5.41) is 19.5. The first kappa shape index (κ1) is 10.0. The molecule has 0 bridgehead atoms. The number of rotatable bonds is 0. The molecule has 1 heterocycles. The monoisotopic (exact) mass is 231 g/mol. The molecule has 1 aliphatic carbocycles. The number of para-hydroxylation sites is 1. The maximum Gasteiger partial charge on any atom is 0.328 e. The predicted octanol–water partition coefficient (Wildman–Crippen LogP) is 1.24. The summed E-state index contributed by atoms with van der Waals surface area (Å²) in [5.41, 5.74) is 1.52. The number of aromatic nitrogens is 2. The molecule has 0 spiro atoms. The van der Waals surface area contributed by atoms with Crippen molar-refractivity contribution in [1.82, 2.24) is 4.98 Å². The average molecular weight is 231 g/mol. The number of H-pyrrole nitrogens is 1. The van der Waals surface area contributed by atoms with E-state index in [9.17, 15) is 15.1 Å². The zero-order valence-corrected chi connectivity index (χ0v) is 8.92. The molecule has 1 aromatic heterocycles. The third kappa shape index (κ3) is 1.36. The maximum atomic E-state index is 12.1. The Kier molecular flexibility index (Phi) is 2.02. The van der Waals surface area contributed by atoms with Crippen LogP contribution in [0.25, 0.3) is 17.1 Å². The topological polar surface area (TPSA) is 79.2 Å². The molecule has 5 heteroatoms. The highest BCUT2D eigenvalue weighted by atomic mass is 16.3. The SMILES string of the molecule is O=[n+]1c2c([nH]c3cccc(O)c31)C(O)CC=C2. The highest BCUT2D eigenvalue weighted by Crippen LogP contribution is 2.27. The van der Waals surface area contributed by atoms with Crippen molar-refractivity contribution < 1.29 is 14.6 Å². The number of aromatic amines is 1. The van der Waals surface area contributed by atoms with E-state index in [1.165, 1.54) is 6.07 Å². The van der Waals surface area contributed by atoms with Gasteiger partial charge in [-0.15, -0.1) is 0 Å². The molecule has 2 aromatic rings. The second-order valence-electron chi connectivity index (χ2n) is 4.05. The van der Waals surface area contributed by atoms with Gasteiger partial charge in [0.15, 0.2) is 5.75 Å². The summed E-state index contributed by atoms with van der Waals surface area (Å²) < 4.78 is 0.648. The Labute approximate surface area is 96.3 Å². The number of phenols is 1. The lowest BCUT2D eigenvalue weighted by atomic mass is 10.0. The van der Waals surface area contributed by atoms with Gasteiger partial charge in [-0.3, -0.25) is 0 Å². The van der Waals surface area contributed by atoms with Crippen LogP contribution in [-0.2, 0) is 0 Å². The van der Waals surface area contributed by atoms with Crippen LogP contribution in [0.1, 0.15) is 23.9 Å². The third-order valence-electron chi connectivity index (χ3n) is 2.95. The van der Waals surface area contributed by atoms with Crippen LogP contribution in [0.5, 0.6) is 5.75 Å². The summed E-state index contributed by atoms with van der Waals surface area (Å²) in [6.45, 7) is 0. The van der Waals surface area contributed by atoms with Crippen molar-refractivity contribution in [2.24, 2.45) is 0 Å². The number of nitrogens with zero attached hydrogens (tertiary/aromatic N) is 1. The molecule has 0 aliphatic heterocycles. The van der Waals surface area contributed by atoms with Crippen molar-refractivity contribution in [1.29, 1.82) is 0 Å². The Hall–Kier alpha value is -2.14. The fraction of sp³-hybridized carbons (Fsp3) is 0.167. The van der Waals surface area contributed by atoms with Crippen LogP contribution >= 0.6 is 0 Å². The van der Waals surface area contributed by atoms with Crippen molar-refractivity contribution >= 4 is 17.1 Å². The van der Waals surface area contributed by atoms with Crippen molar-refractivity contribution in [2.75, 3.05) is 0 Å². The van der Waals surface area contributed by atoms with Crippen LogP contribution in [0, 0.1) is 4.91 Å². The average Bonchev–Trinajstić information content (AvgIpc) is 2.31. The van der Waals surface area contributed by atoms with Crippen molar-refractivity contribution in [2.45, 2.75) is 12.5 Å². The zero-order chi connectivity index (χ0) is 12.0. The van der Waals surface area contributed by atoms with Gasteiger partial charge >= 0.3 is 5.52 Å². The zero-order valence-electron chi connectivity index (χ0n) is 8.92. The van der Waals surface area contributed by atoms with Gasteiger partial charge in [0.05, 0.1) is 4.43 Å². The fourth-order valence-corrected chi connectivity index (χ4v) is 2.12. The number of aromatic hydroxyl groups is 1. The molecule has 1 aliphatic rings. The predicted molar refractivity (Wildman–Crippen MR) is 61.9 cm³/mol. The Morgan fingerprint density at radius 2 is 2.24 bits per heavy atom. The summed E-state index contributed by atoms with van der Waals surface area (Å²) in [7, 11) is 0. The second kappa shape index (κ2) is 3.43. The number of nitrogens with one attached hydrogen (secondary N) is 1. The van der Waals surface area contributed by atoms with E-state index in [-0.39, 0.29) is 11.3 Å². The van der Waals surface area contributed by atoms with E-state index in [1.54, 1.807) is 24.3 Å². The first-order valence-corrected chi connectivity index (χ1v) is 5.33. The standard InChI is InChI=1S/C12H10N2O3/c15-9-5-2-4-8-11(9)13-7-3-1-6-10(16)12(7)14(8)17/h1-4,6,9,15H,5H2,(H-,13,16,17)/p+1. The maximum absolute atomic E-state index is 12.1. The van der Waals surface area contributed by atoms with Gasteiger partial charge in [-0.1, -0.05) is 12.1 Å². The molecule has 0 fully saturated rings. The Morgan fingerprint density at radius 1 is 1.41 bits per heavy atom. The van der Waals surface area contributed by atoms with E-state index >= 15 is 0 Å². The quantitative estimate of drug-likeness (QED) is 0.597. The van der Waals surface area contributed by atoms with Crippen LogP contribution in [0.15, 0.2) is 24.3 Å². The summed E-state index contributed by atoms with van der Waals surface area (Å²) in [6.07, 6.45) is 3.16. The van der Waals surface area contributed by atoms with Crippen molar-refractivity contribution in [3.8, 4) is 5.75 Å². The van der Waals surface area contributed by atoms with Gasteiger partial charge in [0.2, 0.25) is 0 Å². The largest absolute Gasteiger partial charge is 0.502 e. The highest BCUT2D eigenvalue weighted by molar-refractivity contribution is 5.78. The Morgan fingerprint density at radius 3 is 3.06 bits per heavy atom. The number of phenolic OH excluding ortho intramolecular Hbond substituents is 1. The molecular weight excluding hydrogens is 220 g/mol. The van der Waals surface area contributed by atoms with Gasteiger partial charge in [-0.25, -0.2) is 0 Å². The Bertz CT molecular complexity index is 688. The molecule has 86 valence electrons. The summed E-state index contributed by atoms with van der Waals surface area (Å²) in [4.78, 5) is 15.1. The molecular formula is C12H11N2O3+. The van der Waals surface area contributed by atoms with Crippen LogP contribution in [0.4, 0.5) is 0 Å². The smallest absolute Gasteiger partial charge is 0.328 e. The van der Waals surface area contributed by atoms with Gasteiger partial charge < -0.3 is 15.2 Å². The lowest BCUT2D eigenvalue weighted by molar-refractivity contribution is -0.468. The molecule has 17 heavy (non-hydrogen) atoms. The molecule has 0 saturated carbocycles. The molecule has 0 amide bonds. The minimum absolute atomic E-state index is 0.0787. The lowest BCUT2D eigenvalue weighted by Gasteiger charge is -2.12. The van der Waals surface area contributed by atoms with Gasteiger partial charge in [-0.2, -0.15) is 0 Å². The highest BCUT2D eigenvalue weighted by Gasteiger charge is 2.27. The number of hydrogen-bond donors (Lipinski definition) is 3. The molecule has 5 nitrogen and oxygen atoms in total. The van der Waals surface area contributed by atoms with Gasteiger partial charge in [0.1, 0.15) is 17.3 Å². The fourth-order valence-electron chi connectivity index (χ4n) is 2.12. The molecule has 1 unspecified atom stereocenters. The number of aliphatic hydroxyl groups excluding tert-OH is 1. The number of fused-ring (bicyclic) bond motifs is 2.